The van der Waals surface area contributed by atoms with Crippen LogP contribution in [0.1, 0.15) is 35.5 Å². The fourth-order valence-electron chi connectivity index (χ4n) is 4.15. The Labute approximate surface area is 146 Å². The van der Waals surface area contributed by atoms with Gasteiger partial charge in [-0.05, 0) is 0 Å². The van der Waals surface area contributed by atoms with Gasteiger partial charge in [-0.15, -0.1) is 0 Å². The van der Waals surface area contributed by atoms with Crippen molar-refractivity contribution in [2.24, 2.45) is 0 Å². The minimum atomic E-state index is -1.88. The third kappa shape index (κ3) is 2.50. The summed E-state index contributed by atoms with van der Waals surface area (Å²) in [5.74, 6) is 0. The minimum absolute atomic E-state index is 0.659. The summed E-state index contributed by atoms with van der Waals surface area (Å²) in [6, 6.07) is 18.2. The molecule has 2 aromatic rings. The van der Waals surface area contributed by atoms with Crippen molar-refractivity contribution in [3.63, 3.8) is 0 Å². The predicted molar refractivity (Wildman–Crippen MR) is 96.7 cm³/mol. The van der Waals surface area contributed by atoms with Crippen LogP contribution in [-0.4, -0.2) is 3.21 Å². The summed E-state index contributed by atoms with van der Waals surface area (Å²) in [4.78, 5) is 0. The predicted octanol–water partition coefficient (Wildman–Crippen LogP) is 5.89. The first-order chi connectivity index (χ1) is 11.2. The van der Waals surface area contributed by atoms with Crippen molar-refractivity contribution in [3.05, 3.63) is 83.5 Å². The molecule has 0 nitrogen and oxygen atoms in total. The van der Waals surface area contributed by atoms with E-state index in [0.717, 1.165) is 0 Å². The van der Waals surface area contributed by atoms with E-state index in [2.05, 4.69) is 87.5 Å². The Morgan fingerprint density at radius 2 is 1.43 bits per heavy atom. The van der Waals surface area contributed by atoms with Crippen molar-refractivity contribution in [2.45, 2.75) is 28.0 Å². The fourth-order valence-corrected chi connectivity index (χ4v) is 12.9. The molecule has 1 heteroatoms. The molecule has 0 N–H and O–H groups in total. The summed E-state index contributed by atoms with van der Waals surface area (Å²) in [7, 11) is 0. The van der Waals surface area contributed by atoms with Crippen LogP contribution in [0.5, 0.6) is 0 Å². The van der Waals surface area contributed by atoms with Gasteiger partial charge in [0, 0.05) is 0 Å². The van der Waals surface area contributed by atoms with E-state index < -0.39 is 21.3 Å². The molecule has 2 aliphatic rings. The standard InChI is InChI=1S/C13H9.C6H7.C3H6.Zr/c1-3-7-12-10(5-1)9-11-6-2-4-8-13(11)12;1-6-4-2-3-5-6;1-3-2;/h1-9H;2-5H,1H3;1-2H3;. The summed E-state index contributed by atoms with van der Waals surface area (Å²) in [6.45, 7) is 7.00. The zero-order chi connectivity index (χ0) is 16.0. The number of hydrogen-bond acceptors (Lipinski definition) is 0. The van der Waals surface area contributed by atoms with Crippen molar-refractivity contribution in [1.29, 1.82) is 0 Å². The van der Waals surface area contributed by atoms with Gasteiger partial charge in [-0.2, -0.15) is 0 Å². The van der Waals surface area contributed by atoms with Gasteiger partial charge in [-0.25, -0.2) is 0 Å². The molecule has 4 rings (SSSR count). The van der Waals surface area contributed by atoms with Crippen LogP contribution in [0.15, 0.2) is 72.3 Å². The first kappa shape index (κ1) is 15.2. The second kappa shape index (κ2) is 5.95. The molecule has 23 heavy (non-hydrogen) atoms. The summed E-state index contributed by atoms with van der Waals surface area (Å²) in [5.41, 5.74) is 7.53. The number of fused-ring (bicyclic) bond motifs is 3. The number of hydrogen-bond donors (Lipinski definition) is 0. The van der Waals surface area contributed by atoms with E-state index in [-0.39, 0.29) is 0 Å². The number of benzene rings is 2. The Hall–Kier alpha value is -1.33. The first-order valence-electron chi connectivity index (χ1n) is 8.39. The normalized spacial score (nSPS) is 18.6. The number of allylic oxidation sites excluding steroid dienone is 4. The van der Waals surface area contributed by atoms with Gasteiger partial charge in [0.05, 0.1) is 0 Å². The van der Waals surface area contributed by atoms with Crippen LogP contribution in [0.2, 0.25) is 3.63 Å². The van der Waals surface area contributed by atoms with Crippen LogP contribution in [-0.2, 0) is 21.3 Å². The van der Waals surface area contributed by atoms with Gasteiger partial charge < -0.3 is 0 Å². The Bertz CT molecular complexity index is 818. The molecule has 0 bridgehead atoms. The SMILES string of the molecule is CC1=C[CH]([Zr](=[C](C)C)[CH]2c3ccccc3-c3ccccc32)C=C1. The molecule has 0 fully saturated rings. The van der Waals surface area contributed by atoms with E-state index >= 15 is 0 Å². The molecule has 0 saturated heterocycles. The van der Waals surface area contributed by atoms with E-state index in [1.165, 1.54) is 16.7 Å². The monoisotopic (exact) mass is 376 g/mol. The van der Waals surface area contributed by atoms with Crippen LogP contribution in [0.25, 0.3) is 11.1 Å². The molecule has 1 unspecified atom stereocenters. The molecule has 0 heterocycles. The molecular formula is C22H22Zr. The van der Waals surface area contributed by atoms with E-state index in [1.54, 1.807) is 14.3 Å². The van der Waals surface area contributed by atoms with Gasteiger partial charge in [-0.3, -0.25) is 0 Å². The van der Waals surface area contributed by atoms with Crippen molar-refractivity contribution in [1.82, 2.24) is 0 Å². The molecular weight excluding hydrogens is 355 g/mol. The Kier molecular flexibility index (Phi) is 3.94. The van der Waals surface area contributed by atoms with Gasteiger partial charge in [0.25, 0.3) is 0 Å². The third-order valence-corrected chi connectivity index (χ3v) is 13.6. The van der Waals surface area contributed by atoms with Crippen LogP contribution >= 0.6 is 0 Å². The third-order valence-electron chi connectivity index (χ3n) is 5.09. The first-order valence-corrected chi connectivity index (χ1v) is 12.5. The van der Waals surface area contributed by atoms with E-state index in [0.29, 0.717) is 7.25 Å². The zero-order valence-corrected chi connectivity index (χ0v) is 16.5. The second-order valence-corrected chi connectivity index (χ2v) is 14.6. The molecule has 0 spiro atoms. The van der Waals surface area contributed by atoms with Gasteiger partial charge in [-0.1, -0.05) is 0 Å². The maximum atomic E-state index is 2.52. The van der Waals surface area contributed by atoms with E-state index in [9.17, 15) is 0 Å². The fraction of sp³-hybridized carbons (Fsp3) is 0.227. The summed E-state index contributed by atoms with van der Waals surface area (Å²) in [5, 5.41) is 0. The Balaban J connectivity index is 1.94. The van der Waals surface area contributed by atoms with Crippen LogP contribution in [0.3, 0.4) is 0 Å². The van der Waals surface area contributed by atoms with Gasteiger partial charge >= 0.3 is 147 Å². The molecule has 0 aliphatic heterocycles. The van der Waals surface area contributed by atoms with Crippen LogP contribution in [0.4, 0.5) is 0 Å². The van der Waals surface area contributed by atoms with Crippen molar-refractivity contribution in [3.8, 4) is 11.1 Å². The summed E-state index contributed by atoms with van der Waals surface area (Å²) in [6.07, 6.45) is 7.31. The van der Waals surface area contributed by atoms with E-state index in [1.807, 2.05) is 0 Å². The molecule has 114 valence electrons. The zero-order valence-electron chi connectivity index (χ0n) is 14.0. The summed E-state index contributed by atoms with van der Waals surface area (Å²) < 4.78 is 3.07. The molecule has 0 saturated carbocycles. The molecule has 2 aliphatic carbocycles. The topological polar surface area (TPSA) is 0 Å². The molecule has 0 amide bonds. The van der Waals surface area contributed by atoms with Gasteiger partial charge in [0.2, 0.25) is 0 Å². The molecule has 1 atom stereocenters. The van der Waals surface area contributed by atoms with Crippen LogP contribution < -0.4 is 0 Å². The quantitative estimate of drug-likeness (QED) is 0.612. The Morgan fingerprint density at radius 3 is 1.91 bits per heavy atom. The van der Waals surface area contributed by atoms with Crippen molar-refractivity contribution >= 4 is 3.21 Å². The second-order valence-electron chi connectivity index (χ2n) is 6.86. The van der Waals surface area contributed by atoms with Crippen molar-refractivity contribution < 1.29 is 21.3 Å². The molecule has 0 aromatic heterocycles. The number of rotatable bonds is 2. The van der Waals surface area contributed by atoms with Crippen molar-refractivity contribution in [2.75, 3.05) is 0 Å². The maximum absolute atomic E-state index is 2.52. The molecule has 0 radical (unpaired) electrons. The Morgan fingerprint density at radius 1 is 0.870 bits per heavy atom. The van der Waals surface area contributed by atoms with Crippen LogP contribution in [0, 0.1) is 0 Å². The average Bonchev–Trinajstić information content (AvgIpc) is 3.11. The summed E-state index contributed by atoms with van der Waals surface area (Å²) >= 11 is -1.88. The molecule has 2 aromatic carbocycles. The van der Waals surface area contributed by atoms with Gasteiger partial charge in [0.1, 0.15) is 0 Å². The average molecular weight is 378 g/mol. The van der Waals surface area contributed by atoms with Gasteiger partial charge in [0.15, 0.2) is 0 Å². The van der Waals surface area contributed by atoms with E-state index in [4.69, 9.17) is 0 Å².